The smallest absolute Gasteiger partial charge is 0.263 e. The molecule has 0 radical (unpaired) electrons. The monoisotopic (exact) mass is 338 g/mol. The van der Waals surface area contributed by atoms with Gasteiger partial charge in [-0.1, -0.05) is 60.7 Å². The van der Waals surface area contributed by atoms with Gasteiger partial charge in [-0.2, -0.15) is 0 Å². The lowest BCUT2D eigenvalue weighted by atomic mass is 10.1. The van der Waals surface area contributed by atoms with Crippen molar-refractivity contribution >= 4 is 17.2 Å². The van der Waals surface area contributed by atoms with Crippen LogP contribution in [0.4, 0.5) is 0 Å². The average molecular weight is 338 g/mol. The Kier molecular flexibility index (Phi) is 5.03. The molecular formula is C19H18N2O2S. The van der Waals surface area contributed by atoms with Gasteiger partial charge in [-0.15, -0.1) is 11.3 Å². The zero-order valence-corrected chi connectivity index (χ0v) is 14.1. The highest BCUT2D eigenvalue weighted by atomic mass is 32.1. The lowest BCUT2D eigenvalue weighted by Crippen LogP contribution is -2.30. The third-order valence-corrected chi connectivity index (χ3v) is 4.56. The van der Waals surface area contributed by atoms with Gasteiger partial charge in [-0.05, 0) is 6.92 Å². The highest BCUT2D eigenvalue weighted by molar-refractivity contribution is 7.17. The van der Waals surface area contributed by atoms with Crippen molar-refractivity contribution < 1.29 is 9.90 Å². The van der Waals surface area contributed by atoms with Crippen LogP contribution in [-0.2, 0) is 0 Å². The van der Waals surface area contributed by atoms with Crippen LogP contribution in [-0.4, -0.2) is 28.6 Å². The number of benzene rings is 2. The lowest BCUT2D eigenvalue weighted by Gasteiger charge is -2.06. The summed E-state index contributed by atoms with van der Waals surface area (Å²) in [5.74, 6) is -0.213. The van der Waals surface area contributed by atoms with Crippen molar-refractivity contribution in [3.63, 3.8) is 0 Å². The van der Waals surface area contributed by atoms with Crippen molar-refractivity contribution in [3.05, 3.63) is 65.5 Å². The summed E-state index contributed by atoms with van der Waals surface area (Å²) in [5, 5.41) is 12.9. The quantitative estimate of drug-likeness (QED) is 0.747. The second kappa shape index (κ2) is 7.38. The highest BCUT2D eigenvalue weighted by Crippen LogP contribution is 2.33. The summed E-state index contributed by atoms with van der Waals surface area (Å²) in [4.78, 5) is 17.8. The molecule has 3 rings (SSSR count). The molecule has 2 N–H and O–H groups in total. The standard InChI is InChI=1S/C19H18N2O2S/c1-13(22)12-20-18(23)17-16(14-8-4-2-5-9-14)21-19(24-17)15-10-6-3-7-11-15/h2-11,13,22H,12H2,1H3,(H,20,23). The summed E-state index contributed by atoms with van der Waals surface area (Å²) in [6.45, 7) is 1.85. The Morgan fingerprint density at radius 1 is 1.08 bits per heavy atom. The first-order valence-electron chi connectivity index (χ1n) is 7.73. The molecule has 0 saturated heterocycles. The van der Waals surface area contributed by atoms with Crippen LogP contribution >= 0.6 is 11.3 Å². The van der Waals surface area contributed by atoms with E-state index in [1.165, 1.54) is 11.3 Å². The van der Waals surface area contributed by atoms with E-state index in [4.69, 9.17) is 4.98 Å². The molecule has 0 aliphatic heterocycles. The number of thiazole rings is 1. The average Bonchev–Trinajstić information content (AvgIpc) is 3.06. The maximum absolute atomic E-state index is 12.5. The van der Waals surface area contributed by atoms with E-state index in [2.05, 4.69) is 5.32 Å². The van der Waals surface area contributed by atoms with Gasteiger partial charge < -0.3 is 10.4 Å². The van der Waals surface area contributed by atoms with E-state index in [-0.39, 0.29) is 12.5 Å². The Morgan fingerprint density at radius 2 is 1.67 bits per heavy atom. The molecular weight excluding hydrogens is 320 g/mol. The van der Waals surface area contributed by atoms with E-state index in [1.807, 2.05) is 60.7 Å². The number of amides is 1. The maximum atomic E-state index is 12.5. The third-order valence-electron chi connectivity index (χ3n) is 3.46. The molecule has 4 nitrogen and oxygen atoms in total. The number of carbonyl (C=O) groups excluding carboxylic acids is 1. The normalized spacial score (nSPS) is 11.9. The Labute approximate surface area is 144 Å². The van der Waals surface area contributed by atoms with E-state index in [0.717, 1.165) is 16.1 Å². The van der Waals surface area contributed by atoms with Gasteiger partial charge in [0.05, 0.1) is 11.8 Å². The molecule has 5 heteroatoms. The minimum absolute atomic E-state index is 0.213. The van der Waals surface area contributed by atoms with Gasteiger partial charge in [0.15, 0.2) is 0 Å². The van der Waals surface area contributed by atoms with Gasteiger partial charge in [0.2, 0.25) is 0 Å². The molecule has 0 aliphatic carbocycles. The number of aromatic nitrogens is 1. The second-order valence-electron chi connectivity index (χ2n) is 5.49. The van der Waals surface area contributed by atoms with E-state index in [9.17, 15) is 9.90 Å². The van der Waals surface area contributed by atoms with Crippen molar-refractivity contribution in [1.82, 2.24) is 10.3 Å². The van der Waals surface area contributed by atoms with Crippen LogP contribution in [0.1, 0.15) is 16.6 Å². The second-order valence-corrected chi connectivity index (χ2v) is 6.49. The van der Waals surface area contributed by atoms with Gasteiger partial charge in [0.1, 0.15) is 9.88 Å². The summed E-state index contributed by atoms with van der Waals surface area (Å²) >= 11 is 1.36. The molecule has 24 heavy (non-hydrogen) atoms. The summed E-state index contributed by atoms with van der Waals surface area (Å²) in [6.07, 6.45) is -0.587. The fourth-order valence-corrected chi connectivity index (χ4v) is 3.30. The van der Waals surface area contributed by atoms with Gasteiger partial charge in [0, 0.05) is 17.7 Å². The van der Waals surface area contributed by atoms with Gasteiger partial charge in [-0.3, -0.25) is 4.79 Å². The summed E-state index contributed by atoms with van der Waals surface area (Å²) < 4.78 is 0. The Morgan fingerprint density at radius 3 is 2.25 bits per heavy atom. The zero-order valence-electron chi connectivity index (χ0n) is 13.3. The minimum atomic E-state index is -0.587. The number of carbonyl (C=O) groups is 1. The van der Waals surface area contributed by atoms with Crippen molar-refractivity contribution in [2.24, 2.45) is 0 Å². The Hall–Kier alpha value is -2.50. The van der Waals surface area contributed by atoms with Gasteiger partial charge in [-0.25, -0.2) is 4.98 Å². The van der Waals surface area contributed by atoms with Crippen LogP contribution in [0.15, 0.2) is 60.7 Å². The number of nitrogens with one attached hydrogen (secondary N) is 1. The predicted molar refractivity (Wildman–Crippen MR) is 97.0 cm³/mol. The number of hydrogen-bond donors (Lipinski definition) is 2. The number of nitrogens with zero attached hydrogens (tertiary/aromatic N) is 1. The summed E-state index contributed by atoms with van der Waals surface area (Å²) in [5.41, 5.74) is 2.55. The molecule has 2 aromatic carbocycles. The van der Waals surface area contributed by atoms with E-state index >= 15 is 0 Å². The maximum Gasteiger partial charge on any atom is 0.263 e. The molecule has 1 unspecified atom stereocenters. The largest absolute Gasteiger partial charge is 0.392 e. The third kappa shape index (κ3) is 3.69. The number of rotatable bonds is 5. The first-order chi connectivity index (χ1) is 11.6. The van der Waals surface area contributed by atoms with Crippen molar-refractivity contribution in [2.75, 3.05) is 6.54 Å². The molecule has 0 aliphatic rings. The summed E-state index contributed by atoms with van der Waals surface area (Å²) in [6, 6.07) is 19.5. The molecule has 1 heterocycles. The van der Waals surface area contributed by atoms with Crippen LogP contribution in [0.2, 0.25) is 0 Å². The molecule has 122 valence electrons. The van der Waals surface area contributed by atoms with Crippen molar-refractivity contribution in [3.8, 4) is 21.8 Å². The molecule has 1 atom stereocenters. The van der Waals surface area contributed by atoms with Crippen LogP contribution in [0.25, 0.3) is 21.8 Å². The molecule has 0 saturated carbocycles. The van der Waals surface area contributed by atoms with E-state index in [1.54, 1.807) is 6.92 Å². The fraction of sp³-hybridized carbons (Fsp3) is 0.158. The lowest BCUT2D eigenvalue weighted by molar-refractivity contribution is 0.0928. The van der Waals surface area contributed by atoms with E-state index in [0.29, 0.717) is 10.6 Å². The Bertz CT molecular complexity index is 814. The molecule has 0 bridgehead atoms. The minimum Gasteiger partial charge on any atom is -0.392 e. The van der Waals surface area contributed by atoms with Gasteiger partial charge in [0.25, 0.3) is 5.91 Å². The molecule has 0 spiro atoms. The predicted octanol–water partition coefficient (Wildman–Crippen LogP) is 3.59. The molecule has 1 amide bonds. The molecule has 0 fully saturated rings. The zero-order chi connectivity index (χ0) is 16.9. The van der Waals surface area contributed by atoms with Crippen molar-refractivity contribution in [2.45, 2.75) is 13.0 Å². The molecule has 1 aromatic heterocycles. The van der Waals surface area contributed by atoms with Crippen LogP contribution < -0.4 is 5.32 Å². The van der Waals surface area contributed by atoms with E-state index < -0.39 is 6.10 Å². The number of aliphatic hydroxyl groups is 1. The topological polar surface area (TPSA) is 62.2 Å². The number of hydrogen-bond acceptors (Lipinski definition) is 4. The SMILES string of the molecule is CC(O)CNC(=O)c1sc(-c2ccccc2)nc1-c1ccccc1. The number of aliphatic hydroxyl groups excluding tert-OH is 1. The van der Waals surface area contributed by atoms with Crippen molar-refractivity contribution in [1.29, 1.82) is 0 Å². The van der Waals surface area contributed by atoms with Crippen LogP contribution in [0.3, 0.4) is 0 Å². The van der Waals surface area contributed by atoms with Crippen LogP contribution in [0, 0.1) is 0 Å². The highest BCUT2D eigenvalue weighted by Gasteiger charge is 2.20. The first kappa shape index (κ1) is 16.4. The van der Waals surface area contributed by atoms with Gasteiger partial charge >= 0.3 is 0 Å². The fourth-order valence-electron chi connectivity index (χ4n) is 2.29. The summed E-state index contributed by atoms with van der Waals surface area (Å²) in [7, 11) is 0. The first-order valence-corrected chi connectivity index (χ1v) is 8.54. The Balaban J connectivity index is 2.02. The van der Waals surface area contributed by atoms with Crippen LogP contribution in [0.5, 0.6) is 0 Å². The molecule has 3 aromatic rings.